The Balaban J connectivity index is 0.00000128. The van der Waals surface area contributed by atoms with Gasteiger partial charge in [-0.05, 0) is 18.5 Å². The maximum Gasteiger partial charge on any atom is 1.00 e. The first-order valence-corrected chi connectivity index (χ1v) is 5.03. The Morgan fingerprint density at radius 3 is 2.75 bits per heavy atom. The van der Waals surface area contributed by atoms with E-state index in [1.807, 2.05) is 19.9 Å². The molecular formula is C10H14N3NaO2. The Labute approximate surface area is 117 Å². The van der Waals surface area contributed by atoms with E-state index >= 15 is 0 Å². The molecule has 1 saturated heterocycles. The SMILES string of the molecule is CC(C)C1=CC2CN(C(=O)[N-]2)[C@@H]1C(N)=O.[Na+]. The first-order chi connectivity index (χ1) is 7.00. The van der Waals surface area contributed by atoms with E-state index in [4.69, 9.17) is 5.73 Å². The van der Waals surface area contributed by atoms with Gasteiger partial charge in [0.1, 0.15) is 0 Å². The van der Waals surface area contributed by atoms with Gasteiger partial charge in [-0.2, -0.15) is 0 Å². The summed E-state index contributed by atoms with van der Waals surface area (Å²) in [6, 6.07) is -1.01. The van der Waals surface area contributed by atoms with Crippen LogP contribution in [0.4, 0.5) is 4.79 Å². The van der Waals surface area contributed by atoms with Crippen LogP contribution in [0.15, 0.2) is 11.6 Å². The molecule has 0 spiro atoms. The van der Waals surface area contributed by atoms with Crippen molar-refractivity contribution < 1.29 is 39.1 Å². The van der Waals surface area contributed by atoms with Crippen molar-refractivity contribution in [3.63, 3.8) is 0 Å². The van der Waals surface area contributed by atoms with E-state index in [0.717, 1.165) is 5.57 Å². The molecule has 1 unspecified atom stereocenters. The van der Waals surface area contributed by atoms with Gasteiger partial charge in [-0.1, -0.05) is 25.5 Å². The van der Waals surface area contributed by atoms with Crippen LogP contribution in [-0.4, -0.2) is 35.5 Å². The number of carbonyl (C=O) groups is 2. The number of rotatable bonds is 2. The number of nitrogens with two attached hydrogens (primary N) is 1. The molecule has 6 heteroatoms. The quantitative estimate of drug-likeness (QED) is 0.425. The van der Waals surface area contributed by atoms with Crippen LogP contribution in [0.5, 0.6) is 0 Å². The van der Waals surface area contributed by atoms with Crippen LogP contribution in [0.1, 0.15) is 13.8 Å². The van der Waals surface area contributed by atoms with Crippen molar-refractivity contribution in [2.45, 2.75) is 25.9 Å². The molecule has 0 aromatic carbocycles. The number of primary amides is 1. The molecule has 2 heterocycles. The van der Waals surface area contributed by atoms with Gasteiger partial charge < -0.3 is 16.0 Å². The topological polar surface area (TPSA) is 77.5 Å². The minimum atomic E-state index is -0.597. The number of hydrogen-bond acceptors (Lipinski definition) is 2. The first kappa shape index (κ1) is 13.5. The predicted molar refractivity (Wildman–Crippen MR) is 55.2 cm³/mol. The monoisotopic (exact) mass is 231 g/mol. The third-order valence-electron chi connectivity index (χ3n) is 2.85. The molecule has 82 valence electrons. The maximum absolute atomic E-state index is 11.5. The molecule has 0 saturated carbocycles. The summed E-state index contributed by atoms with van der Waals surface area (Å²) >= 11 is 0. The van der Waals surface area contributed by atoms with Crippen LogP contribution in [0.2, 0.25) is 0 Å². The molecule has 2 aliphatic rings. The molecule has 2 bridgehead atoms. The number of carbonyl (C=O) groups excluding carboxylic acids is 2. The van der Waals surface area contributed by atoms with E-state index in [1.165, 1.54) is 4.90 Å². The van der Waals surface area contributed by atoms with Crippen molar-refractivity contribution in [2.24, 2.45) is 11.7 Å². The molecule has 0 aromatic heterocycles. The molecule has 2 rings (SSSR count). The largest absolute Gasteiger partial charge is 1.00 e. The zero-order valence-corrected chi connectivity index (χ0v) is 11.8. The Morgan fingerprint density at radius 1 is 1.62 bits per heavy atom. The fourth-order valence-corrected chi connectivity index (χ4v) is 2.16. The summed E-state index contributed by atoms with van der Waals surface area (Å²) in [6.07, 6.45) is 1.90. The number of hydrogen-bond donors (Lipinski definition) is 1. The molecule has 2 atom stereocenters. The van der Waals surface area contributed by atoms with Crippen LogP contribution < -0.4 is 35.3 Å². The summed E-state index contributed by atoms with van der Waals surface area (Å²) in [4.78, 5) is 24.3. The summed E-state index contributed by atoms with van der Waals surface area (Å²) < 4.78 is 0. The minimum absolute atomic E-state index is 0. The summed E-state index contributed by atoms with van der Waals surface area (Å²) in [6.45, 7) is 4.46. The standard InChI is InChI=1S/C10H15N3O2.Na/c1-5(2)7-3-6-4-13(10(15)12-6)8(7)9(11)14;/h3,5-6,8H,4H2,1-2H3,(H3,11,12,14,15);/q;+1/p-1/t6?,8-;/m0./s1. The van der Waals surface area contributed by atoms with E-state index in [2.05, 4.69) is 5.32 Å². The molecule has 2 N–H and O–H groups in total. The van der Waals surface area contributed by atoms with Crippen molar-refractivity contribution in [2.75, 3.05) is 6.54 Å². The summed E-state index contributed by atoms with van der Waals surface area (Å²) in [5.41, 5.74) is 6.24. The third kappa shape index (κ3) is 2.12. The van der Waals surface area contributed by atoms with Gasteiger partial charge in [0.2, 0.25) is 5.91 Å². The minimum Gasteiger partial charge on any atom is -0.423 e. The molecule has 0 aliphatic carbocycles. The van der Waals surface area contributed by atoms with Gasteiger partial charge >= 0.3 is 29.6 Å². The number of urea groups is 1. The molecule has 0 radical (unpaired) electrons. The van der Waals surface area contributed by atoms with E-state index in [-0.39, 0.29) is 47.5 Å². The Hall–Kier alpha value is -0.520. The van der Waals surface area contributed by atoms with Crippen molar-refractivity contribution >= 4 is 11.9 Å². The molecule has 0 aromatic rings. The number of amides is 3. The fraction of sp³-hybridized carbons (Fsp3) is 0.600. The average Bonchev–Trinajstić information content (AvgIpc) is 2.41. The molecular weight excluding hydrogens is 217 g/mol. The van der Waals surface area contributed by atoms with Crippen LogP contribution in [0.3, 0.4) is 0 Å². The van der Waals surface area contributed by atoms with Crippen LogP contribution in [-0.2, 0) is 4.79 Å². The van der Waals surface area contributed by atoms with Crippen molar-refractivity contribution in [3.05, 3.63) is 17.0 Å². The molecule has 3 amide bonds. The second-order valence-corrected chi connectivity index (χ2v) is 4.26. The zero-order chi connectivity index (χ0) is 11.2. The van der Waals surface area contributed by atoms with E-state index < -0.39 is 11.9 Å². The summed E-state index contributed by atoms with van der Waals surface area (Å²) in [5.74, 6) is -0.271. The Morgan fingerprint density at radius 2 is 2.25 bits per heavy atom. The predicted octanol–water partition coefficient (Wildman–Crippen LogP) is -2.38. The van der Waals surface area contributed by atoms with Gasteiger partial charge in [-0.15, -0.1) is 0 Å². The summed E-state index contributed by atoms with van der Waals surface area (Å²) in [5, 5.41) is 3.92. The van der Waals surface area contributed by atoms with Crippen molar-refractivity contribution in [1.29, 1.82) is 0 Å². The van der Waals surface area contributed by atoms with Gasteiger partial charge in [0.25, 0.3) is 0 Å². The fourth-order valence-electron chi connectivity index (χ4n) is 2.16. The Bertz CT molecular complexity index is 354. The van der Waals surface area contributed by atoms with Gasteiger partial charge in [0, 0.05) is 0 Å². The van der Waals surface area contributed by atoms with E-state index in [1.54, 1.807) is 0 Å². The van der Waals surface area contributed by atoms with E-state index in [9.17, 15) is 9.59 Å². The molecule has 16 heavy (non-hydrogen) atoms. The first-order valence-electron chi connectivity index (χ1n) is 5.03. The third-order valence-corrected chi connectivity index (χ3v) is 2.85. The second-order valence-electron chi connectivity index (χ2n) is 4.26. The van der Waals surface area contributed by atoms with Gasteiger partial charge in [-0.25, -0.2) is 0 Å². The summed E-state index contributed by atoms with van der Waals surface area (Å²) in [7, 11) is 0. The van der Waals surface area contributed by atoms with Crippen LogP contribution in [0, 0.1) is 5.92 Å². The smallest absolute Gasteiger partial charge is 0.423 e. The second kappa shape index (κ2) is 4.77. The molecule has 5 nitrogen and oxygen atoms in total. The van der Waals surface area contributed by atoms with Gasteiger partial charge in [-0.3, -0.25) is 9.59 Å². The number of nitrogens with zero attached hydrogens (tertiary/aromatic N) is 2. The number of fused-ring (bicyclic) bond motifs is 2. The molecule has 2 aliphatic heterocycles. The zero-order valence-electron chi connectivity index (χ0n) is 9.80. The normalized spacial score (nSPS) is 27.3. The van der Waals surface area contributed by atoms with E-state index in [0.29, 0.717) is 6.54 Å². The Kier molecular flexibility index (Phi) is 4.04. The molecule has 1 fully saturated rings. The maximum atomic E-state index is 11.5. The average molecular weight is 231 g/mol. The van der Waals surface area contributed by atoms with Gasteiger partial charge in [0.15, 0.2) is 6.03 Å². The van der Waals surface area contributed by atoms with Crippen molar-refractivity contribution in [3.8, 4) is 0 Å². The van der Waals surface area contributed by atoms with Crippen molar-refractivity contribution in [1.82, 2.24) is 4.90 Å². The van der Waals surface area contributed by atoms with Crippen LogP contribution in [0.25, 0.3) is 5.32 Å². The van der Waals surface area contributed by atoms with Crippen LogP contribution >= 0.6 is 0 Å². The van der Waals surface area contributed by atoms with Gasteiger partial charge in [0.05, 0.1) is 6.04 Å².